The molecule has 0 fully saturated rings. The van der Waals surface area contributed by atoms with Gasteiger partial charge in [-0.1, -0.05) is 12.1 Å². The van der Waals surface area contributed by atoms with Gasteiger partial charge in [0.25, 0.3) is 0 Å². The number of hydrogen-bond acceptors (Lipinski definition) is 2. The van der Waals surface area contributed by atoms with Gasteiger partial charge in [-0.15, -0.1) is 0 Å². The summed E-state index contributed by atoms with van der Waals surface area (Å²) in [5, 5.41) is 17.9. The topological polar surface area (TPSA) is 47.6 Å². The van der Waals surface area contributed by atoms with Gasteiger partial charge in [0.2, 0.25) is 0 Å². The molecule has 0 aromatic heterocycles. The summed E-state index contributed by atoms with van der Waals surface area (Å²) in [7, 11) is 0. The Labute approximate surface area is 107 Å². The van der Waals surface area contributed by atoms with Gasteiger partial charge in [0.05, 0.1) is 11.1 Å². The average molecular weight is 258 g/mol. The number of nitrogens with zero attached hydrogens (tertiary/aromatic N) is 2. The van der Waals surface area contributed by atoms with Crippen molar-refractivity contribution in [3.63, 3.8) is 0 Å². The number of nitriles is 2. The Morgan fingerprint density at radius 2 is 1.53 bits per heavy atom. The Kier molecular flexibility index (Phi) is 3.22. The zero-order valence-corrected chi connectivity index (χ0v) is 9.42. The van der Waals surface area contributed by atoms with Crippen LogP contribution in [0.1, 0.15) is 11.1 Å². The highest BCUT2D eigenvalue weighted by atomic mass is 19.2. The van der Waals surface area contributed by atoms with Gasteiger partial charge in [0.15, 0.2) is 17.5 Å². The Balaban J connectivity index is 2.74. The van der Waals surface area contributed by atoms with Crippen LogP contribution < -0.4 is 0 Å². The standard InChI is InChI=1S/C14H5F3N2/c15-12-4-9(5-13(16)14(12)17)10-3-1-2-8(6-18)11(10)7-19/h1-5H. The van der Waals surface area contributed by atoms with E-state index in [4.69, 9.17) is 10.5 Å². The fourth-order valence-electron chi connectivity index (χ4n) is 1.72. The Bertz CT molecular complexity index is 716. The van der Waals surface area contributed by atoms with Crippen LogP contribution in [0.15, 0.2) is 30.3 Å². The summed E-state index contributed by atoms with van der Waals surface area (Å²) < 4.78 is 39.2. The molecule has 0 unspecified atom stereocenters. The van der Waals surface area contributed by atoms with Gasteiger partial charge in [0.1, 0.15) is 12.1 Å². The fraction of sp³-hybridized carbons (Fsp3) is 0. The third kappa shape index (κ3) is 2.14. The van der Waals surface area contributed by atoms with Gasteiger partial charge in [-0.25, -0.2) is 13.2 Å². The summed E-state index contributed by atoms with van der Waals surface area (Å²) >= 11 is 0. The van der Waals surface area contributed by atoms with Crippen molar-refractivity contribution in [3.05, 3.63) is 58.9 Å². The molecule has 0 radical (unpaired) electrons. The van der Waals surface area contributed by atoms with Crippen LogP contribution >= 0.6 is 0 Å². The molecule has 0 aliphatic carbocycles. The highest BCUT2D eigenvalue weighted by molar-refractivity contribution is 5.73. The molecule has 0 saturated heterocycles. The fourth-order valence-corrected chi connectivity index (χ4v) is 1.72. The average Bonchev–Trinajstić information content (AvgIpc) is 2.43. The third-order valence-corrected chi connectivity index (χ3v) is 2.59. The molecule has 2 aromatic carbocycles. The SMILES string of the molecule is N#Cc1cccc(-c2cc(F)c(F)c(F)c2)c1C#N. The highest BCUT2D eigenvalue weighted by Gasteiger charge is 2.15. The highest BCUT2D eigenvalue weighted by Crippen LogP contribution is 2.28. The van der Waals surface area contributed by atoms with E-state index in [9.17, 15) is 13.2 Å². The molecule has 0 spiro atoms. The van der Waals surface area contributed by atoms with E-state index in [0.717, 1.165) is 12.1 Å². The van der Waals surface area contributed by atoms with Gasteiger partial charge < -0.3 is 0 Å². The van der Waals surface area contributed by atoms with E-state index >= 15 is 0 Å². The van der Waals surface area contributed by atoms with Crippen molar-refractivity contribution in [1.82, 2.24) is 0 Å². The van der Waals surface area contributed by atoms with Gasteiger partial charge in [-0.05, 0) is 23.8 Å². The van der Waals surface area contributed by atoms with Crippen molar-refractivity contribution in [3.8, 4) is 23.3 Å². The quantitative estimate of drug-likeness (QED) is 0.735. The van der Waals surface area contributed by atoms with Crippen LogP contribution in [-0.2, 0) is 0 Å². The summed E-state index contributed by atoms with van der Waals surface area (Å²) in [6, 6.07) is 9.53. The molecular formula is C14H5F3N2. The summed E-state index contributed by atoms with van der Waals surface area (Å²) in [5.74, 6) is -4.26. The molecule has 0 N–H and O–H groups in total. The lowest BCUT2D eigenvalue weighted by Crippen LogP contribution is -1.94. The summed E-state index contributed by atoms with van der Waals surface area (Å²) in [5.41, 5.74) is 0.268. The Morgan fingerprint density at radius 1 is 0.895 bits per heavy atom. The van der Waals surface area contributed by atoms with Crippen LogP contribution in [0, 0.1) is 40.1 Å². The maximum absolute atomic E-state index is 13.2. The molecule has 92 valence electrons. The first-order chi connectivity index (χ1) is 9.08. The first-order valence-electron chi connectivity index (χ1n) is 5.16. The normalized spacial score (nSPS) is 9.74. The van der Waals surface area contributed by atoms with E-state index in [1.165, 1.54) is 18.2 Å². The van der Waals surface area contributed by atoms with Crippen molar-refractivity contribution in [2.75, 3.05) is 0 Å². The van der Waals surface area contributed by atoms with Crippen LogP contribution in [0.2, 0.25) is 0 Å². The predicted molar refractivity (Wildman–Crippen MR) is 61.2 cm³/mol. The van der Waals surface area contributed by atoms with Crippen molar-refractivity contribution in [2.24, 2.45) is 0 Å². The maximum Gasteiger partial charge on any atom is 0.194 e. The van der Waals surface area contributed by atoms with E-state index in [-0.39, 0.29) is 22.3 Å². The Hall–Kier alpha value is -2.79. The van der Waals surface area contributed by atoms with E-state index in [1.54, 1.807) is 6.07 Å². The molecular weight excluding hydrogens is 253 g/mol. The molecule has 0 aliphatic rings. The molecule has 0 bridgehead atoms. The van der Waals surface area contributed by atoms with Crippen molar-refractivity contribution in [1.29, 1.82) is 10.5 Å². The Morgan fingerprint density at radius 3 is 2.05 bits per heavy atom. The van der Waals surface area contributed by atoms with Gasteiger partial charge >= 0.3 is 0 Å². The molecule has 2 nitrogen and oxygen atoms in total. The zero-order valence-electron chi connectivity index (χ0n) is 9.42. The van der Waals surface area contributed by atoms with E-state index < -0.39 is 17.5 Å². The second kappa shape index (κ2) is 4.83. The number of halogens is 3. The van der Waals surface area contributed by atoms with Crippen LogP contribution in [0.25, 0.3) is 11.1 Å². The lowest BCUT2D eigenvalue weighted by molar-refractivity contribution is 0.447. The molecule has 19 heavy (non-hydrogen) atoms. The smallest absolute Gasteiger partial charge is 0.194 e. The van der Waals surface area contributed by atoms with Crippen LogP contribution in [-0.4, -0.2) is 0 Å². The molecule has 0 heterocycles. The minimum atomic E-state index is -1.57. The zero-order chi connectivity index (χ0) is 14.0. The van der Waals surface area contributed by atoms with E-state index in [2.05, 4.69) is 0 Å². The van der Waals surface area contributed by atoms with E-state index in [0.29, 0.717) is 0 Å². The van der Waals surface area contributed by atoms with Crippen molar-refractivity contribution < 1.29 is 13.2 Å². The lowest BCUT2D eigenvalue weighted by atomic mass is 9.96. The predicted octanol–water partition coefficient (Wildman–Crippen LogP) is 3.51. The van der Waals surface area contributed by atoms with Gasteiger partial charge in [0, 0.05) is 5.56 Å². The molecule has 2 aromatic rings. The van der Waals surface area contributed by atoms with Crippen LogP contribution in [0.3, 0.4) is 0 Å². The minimum absolute atomic E-state index is 0.00425. The number of rotatable bonds is 1. The van der Waals surface area contributed by atoms with Crippen molar-refractivity contribution in [2.45, 2.75) is 0 Å². The maximum atomic E-state index is 13.2. The minimum Gasteiger partial charge on any atom is -0.204 e. The first kappa shape index (κ1) is 12.7. The molecule has 0 amide bonds. The summed E-state index contributed by atoms with van der Waals surface area (Å²) in [6.45, 7) is 0. The molecule has 2 rings (SSSR count). The van der Waals surface area contributed by atoms with Crippen LogP contribution in [0.5, 0.6) is 0 Å². The van der Waals surface area contributed by atoms with Crippen LogP contribution in [0.4, 0.5) is 13.2 Å². The number of benzene rings is 2. The molecule has 0 atom stereocenters. The first-order valence-corrected chi connectivity index (χ1v) is 5.16. The van der Waals surface area contributed by atoms with Gasteiger partial charge in [-0.2, -0.15) is 10.5 Å². The molecule has 0 aliphatic heterocycles. The summed E-state index contributed by atoms with van der Waals surface area (Å²) in [4.78, 5) is 0. The van der Waals surface area contributed by atoms with Crippen molar-refractivity contribution >= 4 is 0 Å². The second-order valence-electron chi connectivity index (χ2n) is 3.71. The molecule has 5 heteroatoms. The third-order valence-electron chi connectivity index (χ3n) is 2.59. The second-order valence-corrected chi connectivity index (χ2v) is 3.71. The van der Waals surface area contributed by atoms with Gasteiger partial charge in [-0.3, -0.25) is 0 Å². The lowest BCUT2D eigenvalue weighted by Gasteiger charge is -2.06. The monoisotopic (exact) mass is 258 g/mol. The largest absolute Gasteiger partial charge is 0.204 e. The summed E-state index contributed by atoms with van der Waals surface area (Å²) in [6.07, 6.45) is 0. The number of hydrogen-bond donors (Lipinski definition) is 0. The molecule has 0 saturated carbocycles. The van der Waals surface area contributed by atoms with E-state index in [1.807, 2.05) is 6.07 Å².